The van der Waals surface area contributed by atoms with Gasteiger partial charge in [-0.1, -0.05) is 17.3 Å². The first-order chi connectivity index (χ1) is 11.1. The number of nitrogens with zero attached hydrogens (tertiary/aromatic N) is 4. The lowest BCUT2D eigenvalue weighted by molar-refractivity contribution is -0.128. The molecule has 23 heavy (non-hydrogen) atoms. The number of ether oxygens (including phenoxy) is 1. The summed E-state index contributed by atoms with van der Waals surface area (Å²) in [4.78, 5) is 14.9. The van der Waals surface area contributed by atoms with Crippen LogP contribution >= 0.6 is 0 Å². The minimum atomic E-state index is -0.791. The lowest BCUT2D eigenvalue weighted by atomic mass is 10.0. The first-order valence-electron chi connectivity index (χ1n) is 7.98. The Bertz CT molecular complexity index is 676. The number of carbonyl (C=O) groups is 1. The first-order valence-corrected chi connectivity index (χ1v) is 7.98. The van der Waals surface area contributed by atoms with Gasteiger partial charge in [-0.05, 0) is 26.0 Å². The van der Waals surface area contributed by atoms with Gasteiger partial charge < -0.3 is 10.1 Å². The summed E-state index contributed by atoms with van der Waals surface area (Å²) >= 11 is 0. The second-order valence-corrected chi connectivity index (χ2v) is 6.26. The predicted molar refractivity (Wildman–Crippen MR) is 87.1 cm³/mol. The summed E-state index contributed by atoms with van der Waals surface area (Å²) in [6.45, 7) is 8.56. The second kappa shape index (κ2) is 6.64. The summed E-state index contributed by atoms with van der Waals surface area (Å²) in [6, 6.07) is 7.66. The molecule has 0 atom stereocenters. The van der Waals surface area contributed by atoms with E-state index >= 15 is 0 Å². The van der Waals surface area contributed by atoms with Gasteiger partial charge in [0.25, 0.3) is 0 Å². The molecular formula is C16H23N5O2. The molecule has 2 aromatic rings. The topological polar surface area (TPSA) is 72.3 Å². The fraction of sp³-hybridized carbons (Fsp3) is 0.562. The maximum Gasteiger partial charge on any atom is 0.247 e. The lowest BCUT2D eigenvalue weighted by Crippen LogP contribution is -2.48. The number of morpholine rings is 1. The molecule has 0 aliphatic carbocycles. The van der Waals surface area contributed by atoms with E-state index in [1.54, 1.807) is 4.68 Å². The molecule has 0 bridgehead atoms. The van der Waals surface area contributed by atoms with E-state index in [0.717, 1.165) is 43.9 Å². The van der Waals surface area contributed by atoms with Gasteiger partial charge in [-0.25, -0.2) is 4.68 Å². The quantitative estimate of drug-likeness (QED) is 0.875. The van der Waals surface area contributed by atoms with Crippen molar-refractivity contribution in [3.8, 4) is 0 Å². The summed E-state index contributed by atoms with van der Waals surface area (Å²) < 4.78 is 7.01. The molecule has 0 radical (unpaired) electrons. The van der Waals surface area contributed by atoms with Gasteiger partial charge in [0.2, 0.25) is 5.91 Å². The highest BCUT2D eigenvalue weighted by Gasteiger charge is 2.32. The molecule has 1 aliphatic heterocycles. The van der Waals surface area contributed by atoms with Crippen LogP contribution in [0.3, 0.4) is 0 Å². The number of rotatable bonds is 5. The van der Waals surface area contributed by atoms with Crippen LogP contribution < -0.4 is 5.32 Å². The van der Waals surface area contributed by atoms with Crippen molar-refractivity contribution in [3.63, 3.8) is 0 Å². The Labute approximate surface area is 135 Å². The van der Waals surface area contributed by atoms with E-state index in [0.29, 0.717) is 6.54 Å². The van der Waals surface area contributed by atoms with Crippen molar-refractivity contribution >= 4 is 16.9 Å². The number of hydrogen-bond donors (Lipinski definition) is 1. The van der Waals surface area contributed by atoms with E-state index < -0.39 is 5.54 Å². The van der Waals surface area contributed by atoms with E-state index in [1.807, 2.05) is 38.1 Å². The van der Waals surface area contributed by atoms with Crippen LogP contribution in [0.1, 0.15) is 13.8 Å². The molecule has 1 aromatic heterocycles. The van der Waals surface area contributed by atoms with Gasteiger partial charge in [0, 0.05) is 26.2 Å². The van der Waals surface area contributed by atoms with Crippen molar-refractivity contribution in [3.05, 3.63) is 24.3 Å². The van der Waals surface area contributed by atoms with Crippen molar-refractivity contribution < 1.29 is 9.53 Å². The Morgan fingerprint density at radius 2 is 2.04 bits per heavy atom. The minimum Gasteiger partial charge on any atom is -0.379 e. The largest absolute Gasteiger partial charge is 0.379 e. The Morgan fingerprint density at radius 1 is 1.30 bits per heavy atom. The fourth-order valence-corrected chi connectivity index (χ4v) is 2.75. The van der Waals surface area contributed by atoms with Crippen molar-refractivity contribution in [1.82, 2.24) is 25.2 Å². The highest BCUT2D eigenvalue weighted by molar-refractivity contribution is 5.86. The smallest absolute Gasteiger partial charge is 0.247 e. The average Bonchev–Trinajstić information content (AvgIpc) is 3.00. The van der Waals surface area contributed by atoms with E-state index in [9.17, 15) is 4.79 Å². The third-order valence-electron chi connectivity index (χ3n) is 4.25. The van der Waals surface area contributed by atoms with Gasteiger partial charge in [-0.2, -0.15) is 0 Å². The highest BCUT2D eigenvalue weighted by atomic mass is 16.5. The molecular weight excluding hydrogens is 294 g/mol. The number of aromatic nitrogens is 3. The number of fused-ring (bicyclic) bond motifs is 1. The van der Waals surface area contributed by atoms with E-state index in [4.69, 9.17) is 4.74 Å². The van der Waals surface area contributed by atoms with Crippen molar-refractivity contribution in [2.75, 3.05) is 39.4 Å². The highest BCUT2D eigenvalue weighted by Crippen LogP contribution is 2.20. The maximum atomic E-state index is 12.6. The zero-order valence-corrected chi connectivity index (χ0v) is 13.7. The van der Waals surface area contributed by atoms with Gasteiger partial charge >= 0.3 is 0 Å². The average molecular weight is 317 g/mol. The third-order valence-corrected chi connectivity index (χ3v) is 4.25. The molecule has 1 N–H and O–H groups in total. The molecule has 7 heteroatoms. The van der Waals surface area contributed by atoms with Crippen molar-refractivity contribution in [2.24, 2.45) is 0 Å². The van der Waals surface area contributed by atoms with E-state index in [-0.39, 0.29) is 5.91 Å². The SMILES string of the molecule is CC(C)(C(=O)NCCN1CCOCC1)n1nnc2ccccc21. The standard InChI is InChI=1S/C16H23N5O2/c1-16(2,21-14-6-4-3-5-13(14)18-19-21)15(22)17-7-8-20-9-11-23-12-10-20/h3-6H,7-12H2,1-2H3,(H,17,22). The van der Waals surface area contributed by atoms with E-state index in [2.05, 4.69) is 20.5 Å². The Kier molecular flexibility index (Phi) is 4.58. The summed E-state index contributed by atoms with van der Waals surface area (Å²) in [5, 5.41) is 11.3. The van der Waals surface area contributed by atoms with Crippen LogP contribution in [0.4, 0.5) is 0 Å². The molecule has 1 aliphatic rings. The molecule has 3 rings (SSSR count). The molecule has 1 aromatic carbocycles. The van der Waals surface area contributed by atoms with Crippen molar-refractivity contribution in [2.45, 2.75) is 19.4 Å². The maximum absolute atomic E-state index is 12.6. The molecule has 2 heterocycles. The molecule has 1 amide bonds. The fourth-order valence-electron chi connectivity index (χ4n) is 2.75. The Morgan fingerprint density at radius 3 is 2.83 bits per heavy atom. The number of carbonyl (C=O) groups excluding carboxylic acids is 1. The summed E-state index contributed by atoms with van der Waals surface area (Å²) in [7, 11) is 0. The lowest BCUT2D eigenvalue weighted by Gasteiger charge is -2.28. The van der Waals surface area contributed by atoms with Crippen LogP contribution in [-0.2, 0) is 15.1 Å². The normalized spacial score (nSPS) is 16.6. The van der Waals surface area contributed by atoms with Gasteiger partial charge in [-0.3, -0.25) is 9.69 Å². The zero-order chi connectivity index (χ0) is 16.3. The van der Waals surface area contributed by atoms with Crippen molar-refractivity contribution in [1.29, 1.82) is 0 Å². The number of amides is 1. The summed E-state index contributed by atoms with van der Waals surface area (Å²) in [5.41, 5.74) is 0.865. The summed E-state index contributed by atoms with van der Waals surface area (Å²) in [6.07, 6.45) is 0. The molecule has 124 valence electrons. The number of benzene rings is 1. The van der Waals surface area contributed by atoms with Crippen LogP contribution in [-0.4, -0.2) is 65.2 Å². The van der Waals surface area contributed by atoms with Crippen LogP contribution in [0.15, 0.2) is 24.3 Å². The molecule has 0 spiro atoms. The minimum absolute atomic E-state index is 0.0542. The van der Waals surface area contributed by atoms with Gasteiger partial charge in [0.15, 0.2) is 0 Å². The number of hydrogen-bond acceptors (Lipinski definition) is 5. The summed E-state index contributed by atoms with van der Waals surface area (Å²) in [5.74, 6) is -0.0542. The van der Waals surface area contributed by atoms with Gasteiger partial charge in [0.05, 0.1) is 18.7 Å². The van der Waals surface area contributed by atoms with Crippen LogP contribution in [0.2, 0.25) is 0 Å². The van der Waals surface area contributed by atoms with Crippen LogP contribution in [0.25, 0.3) is 11.0 Å². The molecule has 1 saturated heterocycles. The number of nitrogens with one attached hydrogen (secondary N) is 1. The molecule has 7 nitrogen and oxygen atoms in total. The van der Waals surface area contributed by atoms with Crippen LogP contribution in [0, 0.1) is 0 Å². The number of para-hydroxylation sites is 1. The monoisotopic (exact) mass is 317 g/mol. The Balaban J connectivity index is 1.63. The molecule has 1 fully saturated rings. The van der Waals surface area contributed by atoms with Crippen LogP contribution in [0.5, 0.6) is 0 Å². The molecule has 0 unspecified atom stereocenters. The molecule has 0 saturated carbocycles. The predicted octanol–water partition coefficient (Wildman–Crippen LogP) is 0.615. The van der Waals surface area contributed by atoms with E-state index in [1.165, 1.54) is 0 Å². The zero-order valence-electron chi connectivity index (χ0n) is 13.7. The van der Waals surface area contributed by atoms with Gasteiger partial charge in [-0.15, -0.1) is 5.10 Å². The Hall–Kier alpha value is -1.99. The first kappa shape index (κ1) is 15.9. The van der Waals surface area contributed by atoms with Gasteiger partial charge in [0.1, 0.15) is 11.1 Å². The third kappa shape index (κ3) is 3.35. The second-order valence-electron chi connectivity index (χ2n) is 6.26.